The Labute approximate surface area is 102 Å². The predicted molar refractivity (Wildman–Crippen MR) is 67.1 cm³/mol. The first-order valence-corrected chi connectivity index (χ1v) is 6.40. The minimum absolute atomic E-state index is 0.681. The van der Waals surface area contributed by atoms with Crippen molar-refractivity contribution < 1.29 is 0 Å². The molecule has 0 amide bonds. The van der Waals surface area contributed by atoms with E-state index in [0.29, 0.717) is 6.04 Å². The Morgan fingerprint density at radius 3 is 2.65 bits per heavy atom. The van der Waals surface area contributed by atoms with Crippen molar-refractivity contribution in [2.75, 3.05) is 44.2 Å². The van der Waals surface area contributed by atoms with Gasteiger partial charge < -0.3 is 10.2 Å². The van der Waals surface area contributed by atoms with E-state index in [0.717, 1.165) is 32.1 Å². The van der Waals surface area contributed by atoms with Crippen LogP contribution in [0.4, 0.5) is 5.95 Å². The van der Waals surface area contributed by atoms with Gasteiger partial charge in [-0.25, -0.2) is 9.97 Å². The van der Waals surface area contributed by atoms with E-state index < -0.39 is 0 Å². The minimum Gasteiger partial charge on any atom is -0.339 e. The highest BCUT2D eigenvalue weighted by Gasteiger charge is 2.29. The molecular weight excluding hydrogens is 214 g/mol. The van der Waals surface area contributed by atoms with Crippen molar-refractivity contribution >= 4 is 5.95 Å². The first-order chi connectivity index (χ1) is 8.43. The maximum atomic E-state index is 4.32. The van der Waals surface area contributed by atoms with Gasteiger partial charge in [-0.2, -0.15) is 0 Å². The molecule has 2 saturated heterocycles. The summed E-state index contributed by atoms with van der Waals surface area (Å²) in [7, 11) is 0. The first-order valence-electron chi connectivity index (χ1n) is 6.40. The third-order valence-electron chi connectivity index (χ3n) is 3.67. The zero-order valence-corrected chi connectivity index (χ0v) is 10.0. The number of rotatable bonds is 2. The summed E-state index contributed by atoms with van der Waals surface area (Å²) in [4.78, 5) is 13.5. The summed E-state index contributed by atoms with van der Waals surface area (Å²) in [5.74, 6) is 0.880. The Balaban J connectivity index is 1.61. The number of aromatic nitrogens is 2. The molecule has 2 aliphatic rings. The van der Waals surface area contributed by atoms with Crippen molar-refractivity contribution in [2.24, 2.45) is 0 Å². The second-order valence-electron chi connectivity index (χ2n) is 4.72. The standard InChI is InChI=1S/C12H19N5/c1-3-14-12(15-4-1)17-7-2-11(10-17)16-8-5-13-6-9-16/h1,3-4,11,13H,2,5-10H2. The molecule has 1 atom stereocenters. The van der Waals surface area contributed by atoms with Gasteiger partial charge in [-0.3, -0.25) is 4.90 Å². The van der Waals surface area contributed by atoms with Gasteiger partial charge in [0.2, 0.25) is 5.95 Å². The average molecular weight is 233 g/mol. The molecule has 5 nitrogen and oxygen atoms in total. The number of anilines is 1. The maximum Gasteiger partial charge on any atom is 0.225 e. The molecule has 92 valence electrons. The van der Waals surface area contributed by atoms with Gasteiger partial charge in [0.15, 0.2) is 0 Å². The molecule has 3 rings (SSSR count). The van der Waals surface area contributed by atoms with Crippen LogP contribution in [0.25, 0.3) is 0 Å². The fourth-order valence-corrected chi connectivity index (χ4v) is 2.72. The van der Waals surface area contributed by atoms with Gasteiger partial charge in [0.25, 0.3) is 0 Å². The molecule has 1 aromatic rings. The van der Waals surface area contributed by atoms with Crippen LogP contribution in [0.3, 0.4) is 0 Å². The van der Waals surface area contributed by atoms with Crippen LogP contribution >= 0.6 is 0 Å². The largest absolute Gasteiger partial charge is 0.339 e. The normalized spacial score (nSPS) is 26.4. The summed E-state index contributed by atoms with van der Waals surface area (Å²) in [5, 5.41) is 3.40. The van der Waals surface area contributed by atoms with Crippen LogP contribution in [-0.4, -0.2) is 60.2 Å². The van der Waals surface area contributed by atoms with E-state index in [-0.39, 0.29) is 0 Å². The Morgan fingerprint density at radius 1 is 1.12 bits per heavy atom. The van der Waals surface area contributed by atoms with E-state index in [4.69, 9.17) is 0 Å². The smallest absolute Gasteiger partial charge is 0.225 e. The van der Waals surface area contributed by atoms with Crippen molar-refractivity contribution in [1.29, 1.82) is 0 Å². The van der Waals surface area contributed by atoms with E-state index in [1.54, 1.807) is 0 Å². The van der Waals surface area contributed by atoms with E-state index in [9.17, 15) is 0 Å². The topological polar surface area (TPSA) is 44.3 Å². The summed E-state index contributed by atoms with van der Waals surface area (Å²) < 4.78 is 0. The molecule has 0 radical (unpaired) electrons. The summed E-state index contributed by atoms with van der Waals surface area (Å²) >= 11 is 0. The number of hydrogen-bond acceptors (Lipinski definition) is 5. The van der Waals surface area contributed by atoms with Crippen LogP contribution in [0.1, 0.15) is 6.42 Å². The Morgan fingerprint density at radius 2 is 1.88 bits per heavy atom. The zero-order valence-electron chi connectivity index (χ0n) is 10.0. The molecule has 1 aromatic heterocycles. The average Bonchev–Trinajstić information content (AvgIpc) is 2.90. The molecule has 0 saturated carbocycles. The third-order valence-corrected chi connectivity index (χ3v) is 3.67. The van der Waals surface area contributed by atoms with Crippen molar-refractivity contribution in [3.8, 4) is 0 Å². The van der Waals surface area contributed by atoms with Gasteiger partial charge >= 0.3 is 0 Å². The highest BCUT2D eigenvalue weighted by Crippen LogP contribution is 2.19. The maximum absolute atomic E-state index is 4.32. The van der Waals surface area contributed by atoms with Crippen LogP contribution in [0.5, 0.6) is 0 Å². The van der Waals surface area contributed by atoms with Gasteiger partial charge in [0, 0.05) is 57.7 Å². The van der Waals surface area contributed by atoms with Gasteiger partial charge in [-0.1, -0.05) is 0 Å². The number of nitrogens with one attached hydrogen (secondary N) is 1. The lowest BCUT2D eigenvalue weighted by molar-refractivity contribution is 0.185. The van der Waals surface area contributed by atoms with Crippen LogP contribution in [-0.2, 0) is 0 Å². The lowest BCUT2D eigenvalue weighted by Gasteiger charge is -2.32. The second-order valence-corrected chi connectivity index (χ2v) is 4.72. The quantitative estimate of drug-likeness (QED) is 0.776. The Kier molecular flexibility index (Phi) is 3.20. The molecule has 3 heterocycles. The third kappa shape index (κ3) is 2.40. The van der Waals surface area contributed by atoms with Crippen molar-refractivity contribution in [3.63, 3.8) is 0 Å². The van der Waals surface area contributed by atoms with Crippen LogP contribution < -0.4 is 10.2 Å². The van der Waals surface area contributed by atoms with Crippen LogP contribution in [0, 0.1) is 0 Å². The van der Waals surface area contributed by atoms with E-state index in [2.05, 4.69) is 25.1 Å². The fourth-order valence-electron chi connectivity index (χ4n) is 2.72. The molecule has 0 spiro atoms. The molecule has 17 heavy (non-hydrogen) atoms. The highest BCUT2D eigenvalue weighted by molar-refractivity contribution is 5.31. The van der Waals surface area contributed by atoms with E-state index >= 15 is 0 Å². The summed E-state index contributed by atoms with van der Waals surface area (Å²) in [6.07, 6.45) is 4.87. The molecule has 2 fully saturated rings. The molecular formula is C12H19N5. The van der Waals surface area contributed by atoms with Gasteiger partial charge in [-0.15, -0.1) is 0 Å². The zero-order chi connectivity index (χ0) is 11.5. The van der Waals surface area contributed by atoms with E-state index in [1.807, 2.05) is 18.5 Å². The monoisotopic (exact) mass is 233 g/mol. The predicted octanol–water partition coefficient (Wildman–Crippen LogP) is -0.0395. The van der Waals surface area contributed by atoms with Gasteiger partial charge in [-0.05, 0) is 12.5 Å². The van der Waals surface area contributed by atoms with Crippen LogP contribution in [0.2, 0.25) is 0 Å². The van der Waals surface area contributed by atoms with E-state index in [1.165, 1.54) is 19.5 Å². The minimum atomic E-state index is 0.681. The molecule has 0 bridgehead atoms. The summed E-state index contributed by atoms with van der Waals surface area (Å²) in [6.45, 7) is 6.75. The van der Waals surface area contributed by atoms with Crippen molar-refractivity contribution in [1.82, 2.24) is 20.2 Å². The second kappa shape index (κ2) is 4.98. The van der Waals surface area contributed by atoms with Gasteiger partial charge in [0.05, 0.1) is 0 Å². The number of nitrogens with zero attached hydrogens (tertiary/aromatic N) is 4. The number of piperazine rings is 1. The van der Waals surface area contributed by atoms with Crippen molar-refractivity contribution in [2.45, 2.75) is 12.5 Å². The SMILES string of the molecule is c1cnc(N2CCC(N3CCNCC3)C2)nc1. The highest BCUT2D eigenvalue weighted by atomic mass is 15.3. The molecule has 0 aliphatic carbocycles. The fraction of sp³-hybridized carbons (Fsp3) is 0.667. The summed E-state index contributed by atoms with van der Waals surface area (Å²) in [5.41, 5.74) is 0. The molecule has 5 heteroatoms. The molecule has 1 N–H and O–H groups in total. The molecule has 0 aromatic carbocycles. The Hall–Kier alpha value is -1.20. The lowest BCUT2D eigenvalue weighted by atomic mass is 10.2. The lowest BCUT2D eigenvalue weighted by Crippen LogP contribution is -2.49. The Bertz CT molecular complexity index is 349. The van der Waals surface area contributed by atoms with Gasteiger partial charge in [0.1, 0.15) is 0 Å². The van der Waals surface area contributed by atoms with Crippen molar-refractivity contribution in [3.05, 3.63) is 18.5 Å². The molecule has 1 unspecified atom stereocenters. The number of hydrogen-bond donors (Lipinski definition) is 1. The summed E-state index contributed by atoms with van der Waals surface area (Å²) in [6, 6.07) is 2.55. The molecule has 2 aliphatic heterocycles. The van der Waals surface area contributed by atoms with Crippen LogP contribution in [0.15, 0.2) is 18.5 Å². The first kappa shape index (κ1) is 10.9.